The summed E-state index contributed by atoms with van der Waals surface area (Å²) in [6.07, 6.45) is 4.72. The maximum Gasteiger partial charge on any atom is 0.0468 e. The third-order valence-corrected chi connectivity index (χ3v) is 1.50. The standard InChI is InChI=1S/C9H16N2/c1-5-8(2)11-7-6-9(3)10-4/h6-8H,4-5H2,1-3H3/b9-6+,11-7?. The van der Waals surface area contributed by atoms with Crippen molar-refractivity contribution in [3.8, 4) is 0 Å². The Balaban J connectivity index is 3.84. The van der Waals surface area contributed by atoms with Gasteiger partial charge in [0.15, 0.2) is 0 Å². The Morgan fingerprint density at radius 1 is 1.64 bits per heavy atom. The summed E-state index contributed by atoms with van der Waals surface area (Å²) in [7, 11) is 0. The highest BCUT2D eigenvalue weighted by Crippen LogP contribution is 1.94. The van der Waals surface area contributed by atoms with Crippen molar-refractivity contribution in [3.05, 3.63) is 11.8 Å². The van der Waals surface area contributed by atoms with Crippen LogP contribution in [-0.2, 0) is 0 Å². The van der Waals surface area contributed by atoms with Gasteiger partial charge >= 0.3 is 0 Å². The van der Waals surface area contributed by atoms with Crippen molar-refractivity contribution in [1.82, 2.24) is 0 Å². The molecule has 0 aromatic carbocycles. The molecule has 0 aromatic heterocycles. The van der Waals surface area contributed by atoms with Crippen LogP contribution in [0.1, 0.15) is 27.2 Å². The summed E-state index contributed by atoms with van der Waals surface area (Å²) < 4.78 is 0. The summed E-state index contributed by atoms with van der Waals surface area (Å²) >= 11 is 0. The van der Waals surface area contributed by atoms with E-state index in [2.05, 4.69) is 30.5 Å². The largest absolute Gasteiger partial charge is 0.290 e. The summed E-state index contributed by atoms with van der Waals surface area (Å²) in [4.78, 5) is 7.97. The predicted octanol–water partition coefficient (Wildman–Crippen LogP) is 2.46. The Bertz CT molecular complexity index is 168. The number of allylic oxidation sites excluding steroid dienone is 2. The van der Waals surface area contributed by atoms with Crippen molar-refractivity contribution in [1.29, 1.82) is 0 Å². The highest BCUT2D eigenvalue weighted by atomic mass is 14.8. The fourth-order valence-electron chi connectivity index (χ4n) is 0.456. The van der Waals surface area contributed by atoms with E-state index in [1.807, 2.05) is 13.0 Å². The van der Waals surface area contributed by atoms with Crippen LogP contribution in [0.2, 0.25) is 0 Å². The molecule has 0 radical (unpaired) electrons. The molecule has 0 aromatic rings. The minimum Gasteiger partial charge on any atom is -0.290 e. The van der Waals surface area contributed by atoms with E-state index in [4.69, 9.17) is 0 Å². The van der Waals surface area contributed by atoms with Crippen molar-refractivity contribution >= 4 is 12.9 Å². The first-order valence-corrected chi connectivity index (χ1v) is 3.87. The van der Waals surface area contributed by atoms with E-state index in [0.29, 0.717) is 6.04 Å². The first kappa shape index (κ1) is 10.1. The molecule has 0 aliphatic carbocycles. The number of aliphatic imine (C=N–C) groups is 2. The van der Waals surface area contributed by atoms with E-state index < -0.39 is 0 Å². The minimum absolute atomic E-state index is 0.406. The fourth-order valence-corrected chi connectivity index (χ4v) is 0.456. The zero-order chi connectivity index (χ0) is 8.69. The normalized spacial score (nSPS) is 15.4. The average molecular weight is 152 g/mol. The zero-order valence-corrected chi connectivity index (χ0v) is 7.54. The molecule has 0 N–H and O–H groups in total. The first-order valence-electron chi connectivity index (χ1n) is 3.87. The molecule has 2 heteroatoms. The molecular weight excluding hydrogens is 136 g/mol. The molecule has 0 aliphatic rings. The summed E-state index contributed by atoms with van der Waals surface area (Å²) in [5.74, 6) is 0. The topological polar surface area (TPSA) is 24.7 Å². The van der Waals surface area contributed by atoms with E-state index in [0.717, 1.165) is 12.1 Å². The highest BCUT2D eigenvalue weighted by molar-refractivity contribution is 5.72. The Morgan fingerprint density at radius 2 is 2.27 bits per heavy atom. The predicted molar refractivity (Wildman–Crippen MR) is 51.6 cm³/mol. The van der Waals surface area contributed by atoms with E-state index in [9.17, 15) is 0 Å². The lowest BCUT2D eigenvalue weighted by molar-refractivity contribution is 0.720. The highest BCUT2D eigenvalue weighted by Gasteiger charge is 1.88. The second-order valence-corrected chi connectivity index (χ2v) is 2.52. The number of hydrogen-bond donors (Lipinski definition) is 0. The van der Waals surface area contributed by atoms with E-state index in [1.165, 1.54) is 0 Å². The van der Waals surface area contributed by atoms with Crippen molar-refractivity contribution < 1.29 is 0 Å². The van der Waals surface area contributed by atoms with Crippen LogP contribution in [-0.4, -0.2) is 19.0 Å². The Kier molecular flexibility index (Phi) is 5.35. The molecule has 11 heavy (non-hydrogen) atoms. The summed E-state index contributed by atoms with van der Waals surface area (Å²) in [5, 5.41) is 0. The smallest absolute Gasteiger partial charge is 0.0468 e. The van der Waals surface area contributed by atoms with Gasteiger partial charge in [-0.15, -0.1) is 0 Å². The van der Waals surface area contributed by atoms with E-state index >= 15 is 0 Å². The van der Waals surface area contributed by atoms with Gasteiger partial charge in [-0.05, 0) is 33.1 Å². The molecule has 0 rings (SSSR count). The molecule has 2 nitrogen and oxygen atoms in total. The molecule has 0 heterocycles. The molecule has 62 valence electrons. The molecule has 0 saturated heterocycles. The third kappa shape index (κ3) is 5.52. The Labute approximate surface area is 68.8 Å². The van der Waals surface area contributed by atoms with Crippen LogP contribution in [0.25, 0.3) is 0 Å². The number of rotatable bonds is 4. The van der Waals surface area contributed by atoms with Crippen molar-refractivity contribution in [2.75, 3.05) is 0 Å². The molecule has 0 bridgehead atoms. The molecular formula is C9H16N2. The van der Waals surface area contributed by atoms with Gasteiger partial charge in [0.2, 0.25) is 0 Å². The first-order chi connectivity index (χ1) is 5.20. The summed E-state index contributed by atoms with van der Waals surface area (Å²) in [5.41, 5.74) is 0.900. The van der Waals surface area contributed by atoms with Crippen LogP contribution in [0, 0.1) is 0 Å². The third-order valence-electron chi connectivity index (χ3n) is 1.50. The van der Waals surface area contributed by atoms with Gasteiger partial charge in [0, 0.05) is 18.0 Å². The van der Waals surface area contributed by atoms with Gasteiger partial charge in [0.05, 0.1) is 0 Å². The minimum atomic E-state index is 0.406. The summed E-state index contributed by atoms with van der Waals surface area (Å²) in [6, 6.07) is 0.406. The second kappa shape index (κ2) is 5.83. The number of nitrogens with zero attached hydrogens (tertiary/aromatic N) is 2. The fraction of sp³-hybridized carbons (Fsp3) is 0.556. The van der Waals surface area contributed by atoms with Crippen molar-refractivity contribution in [3.63, 3.8) is 0 Å². The van der Waals surface area contributed by atoms with Gasteiger partial charge < -0.3 is 0 Å². The van der Waals surface area contributed by atoms with E-state index in [1.54, 1.807) is 6.21 Å². The molecule has 0 aliphatic heterocycles. The van der Waals surface area contributed by atoms with Gasteiger partial charge in [-0.2, -0.15) is 0 Å². The number of hydrogen-bond acceptors (Lipinski definition) is 2. The maximum absolute atomic E-state index is 4.24. The van der Waals surface area contributed by atoms with Crippen LogP contribution in [0.15, 0.2) is 21.8 Å². The molecule has 0 fully saturated rings. The molecule has 0 amide bonds. The van der Waals surface area contributed by atoms with Crippen LogP contribution >= 0.6 is 0 Å². The van der Waals surface area contributed by atoms with Gasteiger partial charge in [0.25, 0.3) is 0 Å². The SMILES string of the molecule is C=N/C(C)=C/C=NC(C)CC. The molecule has 1 atom stereocenters. The van der Waals surface area contributed by atoms with Gasteiger partial charge in [-0.3, -0.25) is 9.98 Å². The molecule has 0 spiro atoms. The maximum atomic E-state index is 4.24. The van der Waals surface area contributed by atoms with Gasteiger partial charge in [-0.25, -0.2) is 0 Å². The Hall–Kier alpha value is -0.920. The van der Waals surface area contributed by atoms with Gasteiger partial charge in [-0.1, -0.05) is 6.92 Å². The van der Waals surface area contributed by atoms with Crippen LogP contribution in [0.5, 0.6) is 0 Å². The Morgan fingerprint density at radius 3 is 2.73 bits per heavy atom. The lowest BCUT2D eigenvalue weighted by Crippen LogP contribution is -1.93. The van der Waals surface area contributed by atoms with Crippen LogP contribution in [0.3, 0.4) is 0 Å². The van der Waals surface area contributed by atoms with Gasteiger partial charge in [0.1, 0.15) is 0 Å². The lowest BCUT2D eigenvalue weighted by Gasteiger charge is -1.97. The monoisotopic (exact) mass is 152 g/mol. The van der Waals surface area contributed by atoms with Crippen molar-refractivity contribution in [2.24, 2.45) is 9.98 Å². The lowest BCUT2D eigenvalue weighted by atomic mass is 10.3. The zero-order valence-electron chi connectivity index (χ0n) is 7.54. The second-order valence-electron chi connectivity index (χ2n) is 2.52. The average Bonchev–Trinajstić information content (AvgIpc) is 2.04. The van der Waals surface area contributed by atoms with Crippen LogP contribution in [0.4, 0.5) is 0 Å². The quantitative estimate of drug-likeness (QED) is 0.553. The molecule has 0 saturated carbocycles. The summed E-state index contributed by atoms with van der Waals surface area (Å²) in [6.45, 7) is 9.50. The van der Waals surface area contributed by atoms with E-state index in [-0.39, 0.29) is 0 Å². The molecule has 1 unspecified atom stereocenters. The van der Waals surface area contributed by atoms with Crippen LogP contribution < -0.4 is 0 Å². The van der Waals surface area contributed by atoms with Crippen molar-refractivity contribution in [2.45, 2.75) is 33.2 Å².